The van der Waals surface area contributed by atoms with Gasteiger partial charge in [-0.2, -0.15) is 0 Å². The second kappa shape index (κ2) is 9.58. The number of hydrogen-bond donors (Lipinski definition) is 1. The highest BCUT2D eigenvalue weighted by Crippen LogP contribution is 2.29. The molecular formula is C24H25F2N3O4. The minimum Gasteiger partial charge on any atom is -0.495 e. The maximum atomic E-state index is 13.6. The van der Waals surface area contributed by atoms with Crippen LogP contribution in [0.15, 0.2) is 48.9 Å². The number of likely N-dealkylation sites (tertiary alicyclic amines) is 1. The highest BCUT2D eigenvalue weighted by atomic mass is 19.1. The van der Waals surface area contributed by atoms with Crippen molar-refractivity contribution in [3.63, 3.8) is 0 Å². The smallest absolute Gasteiger partial charge is 0.254 e. The average Bonchev–Trinajstić information content (AvgIpc) is 3.23. The number of imidazole rings is 1. The Kier molecular flexibility index (Phi) is 6.60. The minimum atomic E-state index is -0.755. The summed E-state index contributed by atoms with van der Waals surface area (Å²) in [5, 5.41) is 10.1. The summed E-state index contributed by atoms with van der Waals surface area (Å²) in [5.74, 6) is -1.28. The van der Waals surface area contributed by atoms with Crippen molar-refractivity contribution in [3.05, 3.63) is 71.8 Å². The predicted octanol–water partition coefficient (Wildman–Crippen LogP) is 3.51. The summed E-state index contributed by atoms with van der Waals surface area (Å²) < 4.78 is 40.2. The second-order valence-corrected chi connectivity index (χ2v) is 7.96. The number of piperidine rings is 1. The van der Waals surface area contributed by atoms with Crippen molar-refractivity contribution in [2.45, 2.75) is 31.9 Å². The van der Waals surface area contributed by atoms with E-state index in [0.29, 0.717) is 30.7 Å². The summed E-state index contributed by atoms with van der Waals surface area (Å²) in [6.07, 6.45) is 4.06. The van der Waals surface area contributed by atoms with E-state index < -0.39 is 23.8 Å². The number of rotatable bonds is 6. The second-order valence-electron chi connectivity index (χ2n) is 7.96. The third-order valence-electron chi connectivity index (χ3n) is 5.71. The zero-order chi connectivity index (χ0) is 23.5. The van der Waals surface area contributed by atoms with Crippen molar-refractivity contribution >= 4 is 5.91 Å². The summed E-state index contributed by atoms with van der Waals surface area (Å²) in [6, 6.07) is 7.37. The summed E-state index contributed by atoms with van der Waals surface area (Å²) in [5.41, 5.74) is 1.98. The molecule has 1 N–H and O–H groups in total. The summed E-state index contributed by atoms with van der Waals surface area (Å²) >= 11 is 0. The molecule has 7 nitrogen and oxygen atoms in total. The maximum absolute atomic E-state index is 13.6. The van der Waals surface area contributed by atoms with Gasteiger partial charge in [-0.05, 0) is 38.0 Å². The molecule has 0 unspecified atom stereocenters. The number of aromatic nitrogens is 2. The molecule has 1 fully saturated rings. The number of hydrogen-bond acceptors (Lipinski definition) is 5. The highest BCUT2D eigenvalue weighted by Gasteiger charge is 2.36. The molecule has 1 saturated heterocycles. The first kappa shape index (κ1) is 22.7. The number of carbonyl (C=O) groups excluding carboxylic acids is 1. The van der Waals surface area contributed by atoms with Crippen molar-refractivity contribution in [1.29, 1.82) is 0 Å². The average molecular weight is 457 g/mol. The Morgan fingerprint density at radius 1 is 1.21 bits per heavy atom. The van der Waals surface area contributed by atoms with Crippen LogP contribution in [0.4, 0.5) is 8.78 Å². The normalized spacial score (nSPS) is 18.3. The van der Waals surface area contributed by atoms with Gasteiger partial charge in [0.2, 0.25) is 0 Å². The Balaban J connectivity index is 1.57. The number of aliphatic hydroxyl groups is 1. The number of aliphatic hydroxyl groups excluding tert-OH is 1. The topological polar surface area (TPSA) is 76.8 Å². The third kappa shape index (κ3) is 4.83. The molecule has 33 heavy (non-hydrogen) atoms. The lowest BCUT2D eigenvalue weighted by Crippen LogP contribution is -2.54. The Morgan fingerprint density at radius 3 is 2.61 bits per heavy atom. The van der Waals surface area contributed by atoms with Crippen molar-refractivity contribution in [2.75, 3.05) is 20.3 Å². The van der Waals surface area contributed by atoms with Gasteiger partial charge in [-0.1, -0.05) is 0 Å². The van der Waals surface area contributed by atoms with Crippen LogP contribution in [0, 0.1) is 18.6 Å². The van der Waals surface area contributed by atoms with Gasteiger partial charge in [-0.25, -0.2) is 13.8 Å². The molecule has 2 aromatic carbocycles. The van der Waals surface area contributed by atoms with Crippen LogP contribution < -0.4 is 9.47 Å². The fourth-order valence-electron chi connectivity index (χ4n) is 4.14. The number of carbonyl (C=O) groups is 1. The largest absolute Gasteiger partial charge is 0.495 e. The first-order chi connectivity index (χ1) is 15.9. The van der Waals surface area contributed by atoms with Crippen molar-refractivity contribution in [2.24, 2.45) is 0 Å². The molecular weight excluding hydrogens is 432 g/mol. The van der Waals surface area contributed by atoms with E-state index in [1.165, 1.54) is 7.11 Å². The fourth-order valence-corrected chi connectivity index (χ4v) is 4.14. The SMILES string of the molecule is COc1cc(C(=O)N2CCC[C@H](Oc3cc(F)cc(F)c3)[C@@H]2CO)ccc1-n1cnc(C)c1. The van der Waals surface area contributed by atoms with Crippen LogP contribution in [-0.4, -0.2) is 57.9 Å². The Morgan fingerprint density at radius 2 is 1.97 bits per heavy atom. The van der Waals surface area contributed by atoms with Gasteiger partial charge in [0.1, 0.15) is 29.2 Å². The zero-order valence-corrected chi connectivity index (χ0v) is 18.4. The van der Waals surface area contributed by atoms with E-state index >= 15 is 0 Å². The number of ether oxygens (including phenoxy) is 2. The fraction of sp³-hybridized carbons (Fsp3) is 0.333. The van der Waals surface area contributed by atoms with Crippen molar-refractivity contribution < 1.29 is 28.2 Å². The molecule has 3 aromatic rings. The number of methoxy groups -OCH3 is 1. The maximum Gasteiger partial charge on any atom is 0.254 e. The molecule has 9 heteroatoms. The van der Waals surface area contributed by atoms with Crippen LogP contribution in [-0.2, 0) is 0 Å². The molecule has 2 heterocycles. The molecule has 1 aliphatic heterocycles. The molecule has 4 rings (SSSR count). The van der Waals surface area contributed by atoms with Crippen LogP contribution >= 0.6 is 0 Å². The van der Waals surface area contributed by atoms with Crippen LogP contribution in [0.25, 0.3) is 5.69 Å². The van der Waals surface area contributed by atoms with E-state index in [4.69, 9.17) is 9.47 Å². The molecule has 174 valence electrons. The van der Waals surface area contributed by atoms with Crippen molar-refractivity contribution in [3.8, 4) is 17.2 Å². The van der Waals surface area contributed by atoms with E-state index in [0.717, 1.165) is 29.6 Å². The minimum absolute atomic E-state index is 0.0203. The quantitative estimate of drug-likeness (QED) is 0.613. The van der Waals surface area contributed by atoms with E-state index in [2.05, 4.69) is 4.98 Å². The number of halogens is 2. The van der Waals surface area contributed by atoms with Gasteiger partial charge in [-0.15, -0.1) is 0 Å². The molecule has 0 saturated carbocycles. The van der Waals surface area contributed by atoms with Crippen molar-refractivity contribution in [1.82, 2.24) is 14.5 Å². The lowest BCUT2D eigenvalue weighted by molar-refractivity contribution is 0.00154. The molecule has 1 amide bonds. The standard InChI is InChI=1S/C24H25F2N3O4/c1-15-12-28(14-27-15)20-6-5-16(8-23(20)32-2)24(31)29-7-3-4-22(21(29)13-30)33-19-10-17(25)9-18(26)11-19/h5-6,8-12,14,21-22,30H,3-4,7,13H2,1-2H3/t21-,22-/m0/s1. The Hall–Kier alpha value is -3.46. The number of benzene rings is 2. The molecule has 1 aromatic heterocycles. The van der Waals surface area contributed by atoms with Gasteiger partial charge in [0.25, 0.3) is 5.91 Å². The van der Waals surface area contributed by atoms with Crippen LogP contribution in [0.1, 0.15) is 28.9 Å². The summed E-state index contributed by atoms with van der Waals surface area (Å²) in [6.45, 7) is 1.95. The van der Waals surface area contributed by atoms with Gasteiger partial charge in [0.05, 0.1) is 37.5 Å². The lowest BCUT2D eigenvalue weighted by atomic mass is 9.97. The monoisotopic (exact) mass is 457 g/mol. The Bertz CT molecular complexity index is 1130. The van der Waals surface area contributed by atoms with Gasteiger partial charge >= 0.3 is 0 Å². The van der Waals surface area contributed by atoms with Gasteiger partial charge in [0.15, 0.2) is 0 Å². The van der Waals surface area contributed by atoms with Crippen LogP contribution in [0.3, 0.4) is 0 Å². The number of nitrogens with zero attached hydrogens (tertiary/aromatic N) is 3. The van der Waals surface area contributed by atoms with Crippen LogP contribution in [0.2, 0.25) is 0 Å². The number of aryl methyl sites for hydroxylation is 1. The first-order valence-corrected chi connectivity index (χ1v) is 10.6. The molecule has 0 bridgehead atoms. The van der Waals surface area contributed by atoms with Crippen LogP contribution in [0.5, 0.6) is 11.5 Å². The van der Waals surface area contributed by atoms with E-state index in [-0.39, 0.29) is 18.3 Å². The first-order valence-electron chi connectivity index (χ1n) is 10.6. The van der Waals surface area contributed by atoms with Gasteiger partial charge < -0.3 is 24.0 Å². The Labute approximate surface area is 190 Å². The molecule has 2 atom stereocenters. The van der Waals surface area contributed by atoms with Gasteiger partial charge in [-0.3, -0.25) is 4.79 Å². The van der Waals surface area contributed by atoms with Gasteiger partial charge in [0, 0.05) is 36.5 Å². The van der Waals surface area contributed by atoms with E-state index in [1.807, 2.05) is 17.7 Å². The predicted molar refractivity (Wildman–Crippen MR) is 117 cm³/mol. The lowest BCUT2D eigenvalue weighted by Gasteiger charge is -2.40. The molecule has 1 aliphatic rings. The van der Waals surface area contributed by atoms with E-state index in [9.17, 15) is 18.7 Å². The third-order valence-corrected chi connectivity index (χ3v) is 5.71. The number of amides is 1. The zero-order valence-electron chi connectivity index (χ0n) is 18.4. The molecule has 0 aliphatic carbocycles. The highest BCUT2D eigenvalue weighted by molar-refractivity contribution is 5.95. The summed E-state index contributed by atoms with van der Waals surface area (Å²) in [4.78, 5) is 19.1. The molecule has 0 radical (unpaired) electrons. The summed E-state index contributed by atoms with van der Waals surface area (Å²) in [7, 11) is 1.52. The molecule has 0 spiro atoms. The van der Waals surface area contributed by atoms with E-state index in [1.54, 1.807) is 29.4 Å².